The van der Waals surface area contributed by atoms with E-state index < -0.39 is 0 Å². The minimum atomic E-state index is -0.339. The van der Waals surface area contributed by atoms with E-state index in [1.54, 1.807) is 17.9 Å². The quantitative estimate of drug-likeness (QED) is 0.922. The molecule has 5 heteroatoms. The van der Waals surface area contributed by atoms with E-state index in [0.29, 0.717) is 17.8 Å². The van der Waals surface area contributed by atoms with Crippen LogP contribution in [-0.2, 0) is 9.59 Å². The fourth-order valence-electron chi connectivity index (χ4n) is 2.41. The first-order valence-corrected chi connectivity index (χ1v) is 6.75. The predicted molar refractivity (Wildman–Crippen MR) is 74.7 cm³/mol. The number of anilines is 1. The minimum Gasteiger partial charge on any atom is -0.339 e. The first-order chi connectivity index (χ1) is 9.38. The second kappa shape index (κ2) is 5.61. The average molecular weight is 278 g/mol. The van der Waals surface area contributed by atoms with Crippen molar-refractivity contribution in [1.82, 2.24) is 4.90 Å². The van der Waals surface area contributed by atoms with Gasteiger partial charge >= 0.3 is 0 Å². The zero-order valence-electron chi connectivity index (χ0n) is 11.9. The fraction of sp³-hybridized carbons (Fsp3) is 0.467. The normalized spacial score (nSPS) is 18.8. The summed E-state index contributed by atoms with van der Waals surface area (Å²) in [6.45, 7) is 6.05. The molecule has 1 aliphatic rings. The molecule has 1 heterocycles. The largest absolute Gasteiger partial charge is 0.339 e. The number of carbonyl (C=O) groups excluding carboxylic acids is 2. The second-order valence-electron chi connectivity index (χ2n) is 5.49. The summed E-state index contributed by atoms with van der Waals surface area (Å²) in [6, 6.07) is 4.32. The maximum Gasteiger partial charge on any atom is 0.229 e. The van der Waals surface area contributed by atoms with Crippen LogP contribution in [0.2, 0.25) is 0 Å². The Bertz CT molecular complexity index is 543. The van der Waals surface area contributed by atoms with Crippen LogP contribution in [0.1, 0.15) is 25.8 Å². The number of hydrogen-bond acceptors (Lipinski definition) is 2. The zero-order chi connectivity index (χ0) is 14.9. The molecule has 1 N–H and O–H groups in total. The lowest BCUT2D eigenvalue weighted by Crippen LogP contribution is -2.33. The van der Waals surface area contributed by atoms with Crippen molar-refractivity contribution >= 4 is 17.5 Å². The number of rotatable bonds is 3. The van der Waals surface area contributed by atoms with Gasteiger partial charge in [-0.2, -0.15) is 0 Å². The van der Waals surface area contributed by atoms with Gasteiger partial charge in [0.05, 0.1) is 5.92 Å². The average Bonchev–Trinajstić information content (AvgIpc) is 2.75. The van der Waals surface area contributed by atoms with Crippen molar-refractivity contribution in [3.05, 3.63) is 29.6 Å². The summed E-state index contributed by atoms with van der Waals surface area (Å²) in [5, 5.41) is 2.77. The lowest BCUT2D eigenvalue weighted by Gasteiger charge is -2.20. The van der Waals surface area contributed by atoms with Crippen molar-refractivity contribution in [2.45, 2.75) is 33.2 Å². The van der Waals surface area contributed by atoms with Crippen LogP contribution < -0.4 is 5.32 Å². The van der Waals surface area contributed by atoms with E-state index in [1.807, 2.05) is 13.8 Å². The highest BCUT2D eigenvalue weighted by Crippen LogP contribution is 2.23. The fourth-order valence-corrected chi connectivity index (χ4v) is 2.41. The van der Waals surface area contributed by atoms with Gasteiger partial charge in [0.15, 0.2) is 0 Å². The number of carbonyl (C=O) groups is 2. The van der Waals surface area contributed by atoms with Gasteiger partial charge in [0.25, 0.3) is 0 Å². The first kappa shape index (κ1) is 14.5. The number of aryl methyl sites for hydroxylation is 1. The molecule has 0 spiro atoms. The van der Waals surface area contributed by atoms with E-state index in [-0.39, 0.29) is 36.0 Å². The molecule has 2 rings (SSSR count). The molecule has 1 atom stereocenters. The summed E-state index contributed by atoms with van der Waals surface area (Å²) < 4.78 is 13.0. The standard InChI is InChI=1S/C15H19FN2O2/c1-9(2)18-8-11(7-14(18)19)15(20)17-13-5-4-12(16)6-10(13)3/h4-6,9,11H,7-8H2,1-3H3,(H,17,20)/t11-/m1/s1. The molecule has 1 aromatic carbocycles. The third-order valence-electron chi connectivity index (χ3n) is 3.60. The van der Waals surface area contributed by atoms with E-state index in [1.165, 1.54) is 12.1 Å². The molecule has 0 saturated carbocycles. The van der Waals surface area contributed by atoms with Crippen molar-refractivity contribution in [2.24, 2.45) is 5.92 Å². The molecule has 4 nitrogen and oxygen atoms in total. The Balaban J connectivity index is 2.04. The number of nitrogens with one attached hydrogen (secondary N) is 1. The maximum atomic E-state index is 13.0. The molecule has 0 radical (unpaired) electrons. The minimum absolute atomic E-state index is 0.0102. The highest BCUT2D eigenvalue weighted by atomic mass is 19.1. The Labute approximate surface area is 118 Å². The Hall–Kier alpha value is -1.91. The predicted octanol–water partition coefficient (Wildman–Crippen LogP) is 2.33. The van der Waals surface area contributed by atoms with Crippen molar-refractivity contribution in [3.8, 4) is 0 Å². The van der Waals surface area contributed by atoms with Crippen LogP contribution in [0.15, 0.2) is 18.2 Å². The highest BCUT2D eigenvalue weighted by molar-refractivity contribution is 5.97. The van der Waals surface area contributed by atoms with E-state index in [0.717, 1.165) is 0 Å². The Kier molecular flexibility index (Phi) is 4.06. The maximum absolute atomic E-state index is 13.0. The molecule has 0 aromatic heterocycles. The number of benzene rings is 1. The van der Waals surface area contributed by atoms with Crippen LogP contribution in [0.4, 0.5) is 10.1 Å². The zero-order valence-corrected chi connectivity index (χ0v) is 11.9. The van der Waals surface area contributed by atoms with Crippen LogP contribution >= 0.6 is 0 Å². The molecule has 1 fully saturated rings. The molecule has 2 amide bonds. The van der Waals surface area contributed by atoms with Crippen LogP contribution in [0, 0.1) is 18.7 Å². The molecule has 20 heavy (non-hydrogen) atoms. The van der Waals surface area contributed by atoms with Crippen molar-refractivity contribution in [2.75, 3.05) is 11.9 Å². The molecule has 1 saturated heterocycles. The second-order valence-corrected chi connectivity index (χ2v) is 5.49. The highest BCUT2D eigenvalue weighted by Gasteiger charge is 2.35. The third-order valence-corrected chi connectivity index (χ3v) is 3.60. The van der Waals surface area contributed by atoms with Gasteiger partial charge < -0.3 is 10.2 Å². The van der Waals surface area contributed by atoms with Gasteiger partial charge in [0.2, 0.25) is 11.8 Å². The van der Waals surface area contributed by atoms with Gasteiger partial charge in [0.1, 0.15) is 5.82 Å². The molecular formula is C15H19FN2O2. The summed E-state index contributed by atoms with van der Waals surface area (Å²) in [7, 11) is 0. The topological polar surface area (TPSA) is 49.4 Å². The molecule has 1 aromatic rings. The Morgan fingerprint density at radius 3 is 2.70 bits per heavy atom. The monoisotopic (exact) mass is 278 g/mol. The van der Waals surface area contributed by atoms with E-state index >= 15 is 0 Å². The molecule has 108 valence electrons. The van der Waals surface area contributed by atoms with Gasteiger partial charge in [0, 0.05) is 24.7 Å². The first-order valence-electron chi connectivity index (χ1n) is 6.75. The Morgan fingerprint density at radius 2 is 2.15 bits per heavy atom. The summed E-state index contributed by atoms with van der Waals surface area (Å²) >= 11 is 0. The SMILES string of the molecule is Cc1cc(F)ccc1NC(=O)[C@@H]1CC(=O)N(C(C)C)C1. The van der Waals surface area contributed by atoms with Gasteiger partial charge in [-0.25, -0.2) is 4.39 Å². The molecule has 0 bridgehead atoms. The van der Waals surface area contributed by atoms with Crippen LogP contribution in [0.5, 0.6) is 0 Å². The summed E-state index contributed by atoms with van der Waals surface area (Å²) in [4.78, 5) is 25.7. The summed E-state index contributed by atoms with van der Waals surface area (Å²) in [5.74, 6) is -0.843. The molecule has 1 aliphatic heterocycles. The van der Waals surface area contributed by atoms with E-state index in [2.05, 4.69) is 5.32 Å². The summed E-state index contributed by atoms with van der Waals surface area (Å²) in [5.41, 5.74) is 1.26. The van der Waals surface area contributed by atoms with Gasteiger partial charge in [-0.1, -0.05) is 0 Å². The van der Waals surface area contributed by atoms with Crippen molar-refractivity contribution in [3.63, 3.8) is 0 Å². The smallest absolute Gasteiger partial charge is 0.229 e. The van der Waals surface area contributed by atoms with E-state index in [4.69, 9.17) is 0 Å². The van der Waals surface area contributed by atoms with Crippen LogP contribution in [0.25, 0.3) is 0 Å². The van der Waals surface area contributed by atoms with Gasteiger partial charge in [-0.05, 0) is 44.5 Å². The Morgan fingerprint density at radius 1 is 1.45 bits per heavy atom. The number of halogens is 1. The lowest BCUT2D eigenvalue weighted by molar-refractivity contribution is -0.129. The third kappa shape index (κ3) is 2.98. The number of amides is 2. The van der Waals surface area contributed by atoms with Gasteiger partial charge in [-0.3, -0.25) is 9.59 Å². The van der Waals surface area contributed by atoms with E-state index in [9.17, 15) is 14.0 Å². The lowest BCUT2D eigenvalue weighted by atomic mass is 10.1. The molecule has 0 aliphatic carbocycles. The number of nitrogens with zero attached hydrogens (tertiary/aromatic N) is 1. The summed E-state index contributed by atoms with van der Waals surface area (Å²) in [6.07, 6.45) is 0.240. The number of hydrogen-bond donors (Lipinski definition) is 1. The van der Waals surface area contributed by atoms with Crippen LogP contribution in [0.3, 0.4) is 0 Å². The van der Waals surface area contributed by atoms with Crippen molar-refractivity contribution in [1.29, 1.82) is 0 Å². The van der Waals surface area contributed by atoms with Crippen LogP contribution in [-0.4, -0.2) is 29.3 Å². The van der Waals surface area contributed by atoms with Gasteiger partial charge in [-0.15, -0.1) is 0 Å². The molecule has 0 unspecified atom stereocenters. The molecular weight excluding hydrogens is 259 g/mol. The van der Waals surface area contributed by atoms with Crippen molar-refractivity contribution < 1.29 is 14.0 Å². The number of likely N-dealkylation sites (tertiary alicyclic amines) is 1.